The number of aryl methyl sites for hydroxylation is 3. The van der Waals surface area contributed by atoms with Crippen LogP contribution in [0.4, 0.5) is 0 Å². The highest BCUT2D eigenvalue weighted by Gasteiger charge is 2.16. The standard InChI is InChI=1S/C18H24N2/c1-5-10-20-18(17-7-6-11-19-15(17)4)16-9-8-13(2)14(3)12-16/h6-9,11-12,18,20H,5,10H2,1-4H3. The van der Waals surface area contributed by atoms with Gasteiger partial charge in [-0.15, -0.1) is 0 Å². The smallest absolute Gasteiger partial charge is 0.0594 e. The Hall–Kier alpha value is -1.67. The van der Waals surface area contributed by atoms with Crippen LogP contribution in [0.2, 0.25) is 0 Å². The Labute approximate surface area is 122 Å². The van der Waals surface area contributed by atoms with Crippen LogP contribution in [0.5, 0.6) is 0 Å². The number of hydrogen-bond acceptors (Lipinski definition) is 2. The van der Waals surface area contributed by atoms with Crippen LogP contribution < -0.4 is 5.32 Å². The average Bonchev–Trinajstić information content (AvgIpc) is 2.44. The van der Waals surface area contributed by atoms with Gasteiger partial charge in [0.15, 0.2) is 0 Å². The molecule has 1 atom stereocenters. The van der Waals surface area contributed by atoms with Crippen molar-refractivity contribution in [2.45, 2.75) is 40.2 Å². The number of hydrogen-bond donors (Lipinski definition) is 1. The highest BCUT2D eigenvalue weighted by Crippen LogP contribution is 2.25. The third-order valence-electron chi connectivity index (χ3n) is 3.82. The summed E-state index contributed by atoms with van der Waals surface area (Å²) in [5, 5.41) is 3.65. The summed E-state index contributed by atoms with van der Waals surface area (Å²) >= 11 is 0. The van der Waals surface area contributed by atoms with E-state index in [9.17, 15) is 0 Å². The first-order valence-corrected chi connectivity index (χ1v) is 7.35. The van der Waals surface area contributed by atoms with E-state index in [4.69, 9.17) is 0 Å². The van der Waals surface area contributed by atoms with Crippen molar-refractivity contribution in [3.63, 3.8) is 0 Å². The third kappa shape index (κ3) is 3.26. The van der Waals surface area contributed by atoms with E-state index in [0.717, 1.165) is 18.7 Å². The topological polar surface area (TPSA) is 24.9 Å². The Balaban J connectivity index is 2.41. The van der Waals surface area contributed by atoms with Gasteiger partial charge in [-0.1, -0.05) is 31.2 Å². The Morgan fingerprint density at radius 2 is 1.90 bits per heavy atom. The maximum atomic E-state index is 4.43. The normalized spacial score (nSPS) is 12.4. The lowest BCUT2D eigenvalue weighted by atomic mass is 9.95. The van der Waals surface area contributed by atoms with Crippen molar-refractivity contribution in [3.8, 4) is 0 Å². The lowest BCUT2D eigenvalue weighted by Crippen LogP contribution is -2.24. The summed E-state index contributed by atoms with van der Waals surface area (Å²) in [6.45, 7) is 9.61. The van der Waals surface area contributed by atoms with E-state index in [2.05, 4.69) is 62.3 Å². The molecule has 0 spiro atoms. The van der Waals surface area contributed by atoms with Crippen molar-refractivity contribution in [3.05, 3.63) is 64.5 Å². The Morgan fingerprint density at radius 1 is 1.10 bits per heavy atom. The molecule has 1 aromatic heterocycles. The average molecular weight is 268 g/mol. The fourth-order valence-electron chi connectivity index (χ4n) is 2.44. The van der Waals surface area contributed by atoms with Crippen molar-refractivity contribution in [1.29, 1.82) is 0 Å². The zero-order valence-electron chi connectivity index (χ0n) is 12.9. The Kier molecular flexibility index (Phi) is 4.91. The summed E-state index contributed by atoms with van der Waals surface area (Å²) < 4.78 is 0. The van der Waals surface area contributed by atoms with Gasteiger partial charge in [-0.25, -0.2) is 0 Å². The summed E-state index contributed by atoms with van der Waals surface area (Å²) in [7, 11) is 0. The monoisotopic (exact) mass is 268 g/mol. The number of pyridine rings is 1. The molecule has 2 nitrogen and oxygen atoms in total. The second kappa shape index (κ2) is 6.67. The van der Waals surface area contributed by atoms with Crippen LogP contribution in [0.15, 0.2) is 36.5 Å². The van der Waals surface area contributed by atoms with Gasteiger partial charge in [-0.05, 0) is 62.1 Å². The van der Waals surface area contributed by atoms with E-state index >= 15 is 0 Å². The largest absolute Gasteiger partial charge is 0.306 e. The molecule has 1 heterocycles. The van der Waals surface area contributed by atoms with Crippen LogP contribution in [0.3, 0.4) is 0 Å². The van der Waals surface area contributed by atoms with E-state index in [0.29, 0.717) is 0 Å². The van der Waals surface area contributed by atoms with E-state index in [1.54, 1.807) is 0 Å². The molecule has 2 heteroatoms. The third-order valence-corrected chi connectivity index (χ3v) is 3.82. The van der Waals surface area contributed by atoms with Crippen LogP contribution in [0.1, 0.15) is 47.3 Å². The van der Waals surface area contributed by atoms with Gasteiger partial charge >= 0.3 is 0 Å². The number of nitrogens with one attached hydrogen (secondary N) is 1. The van der Waals surface area contributed by atoms with Crippen LogP contribution in [0.25, 0.3) is 0 Å². The maximum absolute atomic E-state index is 4.43. The molecular weight excluding hydrogens is 244 g/mol. The molecule has 0 saturated carbocycles. The molecule has 2 aromatic rings. The van der Waals surface area contributed by atoms with Crippen molar-refractivity contribution in [1.82, 2.24) is 10.3 Å². The van der Waals surface area contributed by atoms with Crippen LogP contribution >= 0.6 is 0 Å². The van der Waals surface area contributed by atoms with Gasteiger partial charge < -0.3 is 5.32 Å². The van der Waals surface area contributed by atoms with Crippen molar-refractivity contribution >= 4 is 0 Å². The lowest BCUT2D eigenvalue weighted by molar-refractivity contribution is 0.593. The van der Waals surface area contributed by atoms with Crippen molar-refractivity contribution in [2.75, 3.05) is 6.54 Å². The maximum Gasteiger partial charge on any atom is 0.0594 e. The van der Waals surface area contributed by atoms with E-state index in [1.807, 2.05) is 12.3 Å². The molecule has 2 rings (SSSR count). The molecule has 0 amide bonds. The molecule has 1 aromatic carbocycles. The quantitative estimate of drug-likeness (QED) is 0.883. The van der Waals surface area contributed by atoms with Crippen LogP contribution in [0, 0.1) is 20.8 Å². The molecule has 0 bridgehead atoms. The van der Waals surface area contributed by atoms with Crippen molar-refractivity contribution < 1.29 is 0 Å². The van der Waals surface area contributed by atoms with Gasteiger partial charge in [0.1, 0.15) is 0 Å². The van der Waals surface area contributed by atoms with Crippen LogP contribution in [-0.2, 0) is 0 Å². The highest BCUT2D eigenvalue weighted by atomic mass is 14.9. The molecule has 0 aliphatic heterocycles. The second-order valence-electron chi connectivity index (χ2n) is 5.41. The zero-order chi connectivity index (χ0) is 14.5. The molecule has 1 unspecified atom stereocenters. The summed E-state index contributed by atoms with van der Waals surface area (Å²) in [6.07, 6.45) is 2.98. The Bertz CT molecular complexity index is 575. The molecule has 106 valence electrons. The van der Waals surface area contributed by atoms with Gasteiger partial charge in [-0.3, -0.25) is 4.98 Å². The van der Waals surface area contributed by atoms with Gasteiger partial charge in [0.2, 0.25) is 0 Å². The highest BCUT2D eigenvalue weighted by molar-refractivity contribution is 5.38. The number of nitrogens with zero attached hydrogens (tertiary/aromatic N) is 1. The van der Waals surface area contributed by atoms with Crippen LogP contribution in [-0.4, -0.2) is 11.5 Å². The first-order valence-electron chi connectivity index (χ1n) is 7.35. The summed E-state index contributed by atoms with van der Waals surface area (Å²) in [4.78, 5) is 4.43. The summed E-state index contributed by atoms with van der Waals surface area (Å²) in [5.74, 6) is 0. The van der Waals surface area contributed by atoms with Crippen molar-refractivity contribution in [2.24, 2.45) is 0 Å². The molecule has 0 radical (unpaired) electrons. The zero-order valence-corrected chi connectivity index (χ0v) is 12.9. The molecule has 0 aliphatic carbocycles. The SMILES string of the molecule is CCCNC(c1ccc(C)c(C)c1)c1cccnc1C. The number of rotatable bonds is 5. The molecule has 1 N–H and O–H groups in total. The fourth-order valence-corrected chi connectivity index (χ4v) is 2.44. The van der Waals surface area contributed by atoms with Gasteiger partial charge in [0.25, 0.3) is 0 Å². The molecule has 20 heavy (non-hydrogen) atoms. The molecule has 0 aliphatic rings. The number of benzene rings is 1. The predicted octanol–water partition coefficient (Wildman–Crippen LogP) is 4.10. The fraction of sp³-hybridized carbons (Fsp3) is 0.389. The molecular formula is C18H24N2. The minimum Gasteiger partial charge on any atom is -0.306 e. The van der Waals surface area contributed by atoms with Gasteiger partial charge in [-0.2, -0.15) is 0 Å². The van der Waals surface area contributed by atoms with E-state index in [-0.39, 0.29) is 6.04 Å². The first-order chi connectivity index (χ1) is 9.63. The number of aromatic nitrogens is 1. The molecule has 0 saturated heterocycles. The molecule has 0 fully saturated rings. The van der Waals surface area contributed by atoms with E-state index < -0.39 is 0 Å². The first kappa shape index (κ1) is 14.7. The van der Waals surface area contributed by atoms with Gasteiger partial charge in [0.05, 0.1) is 6.04 Å². The summed E-state index contributed by atoms with van der Waals surface area (Å²) in [6, 6.07) is 11.1. The van der Waals surface area contributed by atoms with E-state index in [1.165, 1.54) is 22.3 Å². The summed E-state index contributed by atoms with van der Waals surface area (Å²) in [5.41, 5.74) is 6.36. The Morgan fingerprint density at radius 3 is 2.55 bits per heavy atom. The minimum absolute atomic E-state index is 0.225. The minimum atomic E-state index is 0.225. The second-order valence-corrected chi connectivity index (χ2v) is 5.41. The lowest BCUT2D eigenvalue weighted by Gasteiger charge is -2.21. The van der Waals surface area contributed by atoms with Gasteiger partial charge in [0, 0.05) is 11.9 Å². The predicted molar refractivity (Wildman–Crippen MR) is 85.0 cm³/mol.